The molecule has 1 aliphatic heterocycles. The van der Waals surface area contributed by atoms with Gasteiger partial charge < -0.3 is 5.32 Å². The van der Waals surface area contributed by atoms with E-state index >= 15 is 0 Å². The highest BCUT2D eigenvalue weighted by molar-refractivity contribution is 8.15. The van der Waals surface area contributed by atoms with Gasteiger partial charge in [-0.3, -0.25) is 4.79 Å². The Morgan fingerprint density at radius 2 is 1.96 bits per heavy atom. The Morgan fingerprint density at radius 1 is 1.17 bits per heavy atom. The van der Waals surface area contributed by atoms with E-state index in [1.54, 1.807) is 18.3 Å². The predicted octanol–water partition coefficient (Wildman–Crippen LogP) is 4.16. The molecule has 3 rings (SSSR count). The third-order valence-electron chi connectivity index (χ3n) is 3.35. The van der Waals surface area contributed by atoms with Crippen molar-refractivity contribution >= 4 is 52.3 Å². The highest BCUT2D eigenvalue weighted by atomic mass is 35.5. The van der Waals surface area contributed by atoms with E-state index in [2.05, 4.69) is 15.5 Å². The van der Waals surface area contributed by atoms with Gasteiger partial charge in [-0.15, -0.1) is 5.10 Å². The molecule has 122 valence electrons. The number of thioether (sulfide) groups is 1. The molecule has 24 heavy (non-hydrogen) atoms. The predicted molar refractivity (Wildman–Crippen MR) is 101 cm³/mol. The average molecular weight is 378 g/mol. The van der Waals surface area contributed by atoms with Gasteiger partial charge in [-0.2, -0.15) is 5.10 Å². The third kappa shape index (κ3) is 4.38. The van der Waals surface area contributed by atoms with Gasteiger partial charge in [-0.05, 0) is 29.7 Å². The summed E-state index contributed by atoms with van der Waals surface area (Å²) in [7, 11) is 0. The van der Waals surface area contributed by atoms with Crippen molar-refractivity contribution in [3.8, 4) is 0 Å². The minimum Gasteiger partial charge on any atom is -0.303 e. The summed E-state index contributed by atoms with van der Waals surface area (Å²) in [6.07, 6.45) is 2.15. The van der Waals surface area contributed by atoms with Crippen molar-refractivity contribution in [2.75, 3.05) is 0 Å². The van der Waals surface area contributed by atoms with Crippen LogP contribution in [0.4, 0.5) is 0 Å². The molecule has 1 atom stereocenters. The molecule has 0 aliphatic carbocycles. The van der Waals surface area contributed by atoms with Crippen molar-refractivity contribution in [1.82, 2.24) is 5.32 Å². The van der Waals surface area contributed by atoms with Gasteiger partial charge in [0.15, 0.2) is 5.17 Å². The summed E-state index contributed by atoms with van der Waals surface area (Å²) >= 11 is 13.4. The number of amidine groups is 1. The van der Waals surface area contributed by atoms with Gasteiger partial charge in [0.05, 0.1) is 11.5 Å². The number of rotatable bonds is 4. The SMILES string of the molecule is O=C1N/C(=N/N=C\c2ccccc2)S[C@@H]1Cc1ccc(Cl)cc1Cl. The van der Waals surface area contributed by atoms with Crippen molar-refractivity contribution in [3.63, 3.8) is 0 Å². The topological polar surface area (TPSA) is 53.8 Å². The Balaban J connectivity index is 1.65. The molecular weight excluding hydrogens is 365 g/mol. The van der Waals surface area contributed by atoms with Crippen LogP contribution in [0.25, 0.3) is 0 Å². The van der Waals surface area contributed by atoms with Crippen LogP contribution in [0.5, 0.6) is 0 Å². The van der Waals surface area contributed by atoms with E-state index in [-0.39, 0.29) is 11.2 Å². The number of halogens is 2. The molecule has 2 aromatic rings. The van der Waals surface area contributed by atoms with Gasteiger partial charge in [0.2, 0.25) is 5.91 Å². The first-order valence-corrected chi connectivity index (χ1v) is 8.83. The fraction of sp³-hybridized carbons (Fsp3) is 0.118. The normalized spacial score (nSPS) is 19.2. The van der Waals surface area contributed by atoms with E-state index in [0.717, 1.165) is 11.1 Å². The van der Waals surface area contributed by atoms with Crippen LogP contribution in [0.3, 0.4) is 0 Å². The lowest BCUT2D eigenvalue weighted by Crippen LogP contribution is -2.26. The lowest BCUT2D eigenvalue weighted by molar-refractivity contribution is -0.118. The van der Waals surface area contributed by atoms with Gasteiger partial charge in [0.25, 0.3) is 0 Å². The molecular formula is C17H13Cl2N3OS. The smallest absolute Gasteiger partial charge is 0.239 e. The molecule has 7 heteroatoms. The van der Waals surface area contributed by atoms with Gasteiger partial charge in [0.1, 0.15) is 0 Å². The zero-order chi connectivity index (χ0) is 16.9. The van der Waals surface area contributed by atoms with E-state index in [4.69, 9.17) is 23.2 Å². The van der Waals surface area contributed by atoms with E-state index in [1.165, 1.54) is 11.8 Å². The first kappa shape index (κ1) is 17.0. The summed E-state index contributed by atoms with van der Waals surface area (Å²) < 4.78 is 0. The van der Waals surface area contributed by atoms with E-state index in [0.29, 0.717) is 21.6 Å². The molecule has 0 aromatic heterocycles. The number of amides is 1. The number of hydrogen-bond acceptors (Lipinski definition) is 4. The van der Waals surface area contributed by atoms with Crippen LogP contribution in [-0.4, -0.2) is 22.5 Å². The van der Waals surface area contributed by atoms with Crippen molar-refractivity contribution in [3.05, 3.63) is 69.7 Å². The number of nitrogens with one attached hydrogen (secondary N) is 1. The van der Waals surface area contributed by atoms with Crippen molar-refractivity contribution in [2.45, 2.75) is 11.7 Å². The molecule has 4 nitrogen and oxygen atoms in total. The second kappa shape index (κ2) is 7.83. The van der Waals surface area contributed by atoms with E-state index < -0.39 is 0 Å². The Morgan fingerprint density at radius 3 is 2.71 bits per heavy atom. The standard InChI is InChI=1S/C17H13Cl2N3OS/c18-13-7-6-12(14(19)9-13)8-15-16(23)21-17(24-15)22-20-10-11-4-2-1-3-5-11/h1-7,9-10,15H,8H2,(H,21,22,23)/b20-10-/t15-/m1/s1. The summed E-state index contributed by atoms with van der Waals surface area (Å²) in [5.41, 5.74) is 1.82. The van der Waals surface area contributed by atoms with Crippen LogP contribution in [0.15, 0.2) is 58.7 Å². The molecule has 0 bridgehead atoms. The number of carbonyl (C=O) groups excluding carboxylic acids is 1. The maximum Gasteiger partial charge on any atom is 0.239 e. The highest BCUT2D eigenvalue weighted by Gasteiger charge is 2.30. The van der Waals surface area contributed by atoms with Gasteiger partial charge in [-0.25, -0.2) is 0 Å². The molecule has 1 saturated heterocycles. The maximum atomic E-state index is 12.1. The minimum absolute atomic E-state index is 0.0975. The van der Waals surface area contributed by atoms with Crippen LogP contribution in [0, 0.1) is 0 Å². The number of carbonyl (C=O) groups is 1. The fourth-order valence-electron chi connectivity index (χ4n) is 2.16. The molecule has 1 aliphatic rings. The van der Waals surface area contributed by atoms with Crippen LogP contribution in [0.1, 0.15) is 11.1 Å². The van der Waals surface area contributed by atoms with Gasteiger partial charge in [-0.1, -0.05) is 71.4 Å². The molecule has 0 saturated carbocycles. The lowest BCUT2D eigenvalue weighted by atomic mass is 10.1. The first-order chi connectivity index (χ1) is 11.6. The zero-order valence-corrected chi connectivity index (χ0v) is 14.8. The van der Waals surface area contributed by atoms with Crippen LogP contribution < -0.4 is 5.32 Å². The monoisotopic (exact) mass is 377 g/mol. The Hall–Kier alpha value is -1.82. The Kier molecular flexibility index (Phi) is 5.56. The zero-order valence-electron chi connectivity index (χ0n) is 12.4. The number of benzene rings is 2. The number of hydrogen-bond donors (Lipinski definition) is 1. The lowest BCUT2D eigenvalue weighted by Gasteiger charge is -2.07. The fourth-order valence-corrected chi connectivity index (χ4v) is 3.60. The minimum atomic E-state index is -0.283. The second-order valence-electron chi connectivity index (χ2n) is 5.10. The summed E-state index contributed by atoms with van der Waals surface area (Å²) in [4.78, 5) is 12.1. The van der Waals surface area contributed by atoms with Crippen molar-refractivity contribution in [2.24, 2.45) is 10.2 Å². The molecule has 1 N–H and O–H groups in total. The van der Waals surface area contributed by atoms with Gasteiger partial charge >= 0.3 is 0 Å². The molecule has 1 fully saturated rings. The average Bonchev–Trinajstić information content (AvgIpc) is 2.91. The second-order valence-corrected chi connectivity index (χ2v) is 7.13. The summed E-state index contributed by atoms with van der Waals surface area (Å²) in [6, 6.07) is 14.9. The largest absolute Gasteiger partial charge is 0.303 e. The van der Waals surface area contributed by atoms with Crippen LogP contribution >= 0.6 is 35.0 Å². The first-order valence-electron chi connectivity index (χ1n) is 7.19. The Bertz CT molecular complexity index is 809. The number of nitrogens with zero attached hydrogens (tertiary/aromatic N) is 2. The van der Waals surface area contributed by atoms with Gasteiger partial charge in [0, 0.05) is 10.0 Å². The molecule has 1 amide bonds. The van der Waals surface area contributed by atoms with Crippen molar-refractivity contribution in [1.29, 1.82) is 0 Å². The molecule has 2 aromatic carbocycles. The van der Waals surface area contributed by atoms with Crippen LogP contribution in [-0.2, 0) is 11.2 Å². The summed E-state index contributed by atoms with van der Waals surface area (Å²) in [6.45, 7) is 0. The third-order valence-corrected chi connectivity index (χ3v) is 5.01. The quantitative estimate of drug-likeness (QED) is 0.642. The van der Waals surface area contributed by atoms with E-state index in [9.17, 15) is 4.79 Å². The molecule has 1 heterocycles. The molecule has 0 radical (unpaired) electrons. The summed E-state index contributed by atoms with van der Waals surface area (Å²) in [5.74, 6) is -0.0975. The summed E-state index contributed by atoms with van der Waals surface area (Å²) in [5, 5.41) is 12.1. The maximum absolute atomic E-state index is 12.1. The van der Waals surface area contributed by atoms with Crippen molar-refractivity contribution < 1.29 is 4.79 Å². The molecule has 0 unspecified atom stereocenters. The van der Waals surface area contributed by atoms with Crippen LogP contribution in [0.2, 0.25) is 10.0 Å². The van der Waals surface area contributed by atoms with E-state index in [1.807, 2.05) is 36.4 Å². The Labute approximate surface area is 154 Å². The molecule has 0 spiro atoms. The highest BCUT2D eigenvalue weighted by Crippen LogP contribution is 2.28.